The Morgan fingerprint density at radius 1 is 1.43 bits per heavy atom. The molecule has 1 aromatic rings. The minimum Gasteiger partial charge on any atom is -0.388 e. The molecule has 1 aliphatic rings. The molecule has 0 aromatic carbocycles. The van der Waals surface area contributed by atoms with E-state index in [0.717, 1.165) is 42.9 Å². The highest BCUT2D eigenvalue weighted by atomic mass is 32.1. The molecule has 0 saturated heterocycles. The van der Waals surface area contributed by atoms with Gasteiger partial charge < -0.3 is 10.4 Å². The lowest BCUT2D eigenvalue weighted by Gasteiger charge is -2.35. The Morgan fingerprint density at radius 3 is 2.62 bits per heavy atom. The van der Waals surface area contributed by atoms with Crippen molar-refractivity contribution in [2.45, 2.75) is 64.9 Å². The lowest BCUT2D eigenvalue weighted by molar-refractivity contribution is -0.00783. The number of carbonyl (C=O) groups is 1. The number of thiophene rings is 1. The monoisotopic (exact) mass is 309 g/mol. The third kappa shape index (κ3) is 4.07. The molecule has 1 fully saturated rings. The van der Waals surface area contributed by atoms with E-state index in [-0.39, 0.29) is 5.91 Å². The fraction of sp³-hybridized carbons (Fsp3) is 0.706. The summed E-state index contributed by atoms with van der Waals surface area (Å²) in [6, 6.07) is 1.96. The van der Waals surface area contributed by atoms with Crippen LogP contribution in [0.15, 0.2) is 6.07 Å². The summed E-state index contributed by atoms with van der Waals surface area (Å²) >= 11 is 1.56. The van der Waals surface area contributed by atoms with Crippen molar-refractivity contribution in [1.82, 2.24) is 5.32 Å². The van der Waals surface area contributed by atoms with Crippen molar-refractivity contribution in [3.63, 3.8) is 0 Å². The molecule has 2 N–H and O–H groups in total. The van der Waals surface area contributed by atoms with Gasteiger partial charge in [0.1, 0.15) is 0 Å². The quantitative estimate of drug-likeness (QED) is 0.871. The predicted octanol–water partition coefficient (Wildman–Crippen LogP) is 3.68. The number of rotatable bonds is 5. The second-order valence-corrected chi connectivity index (χ2v) is 7.47. The van der Waals surface area contributed by atoms with E-state index < -0.39 is 5.60 Å². The SMILES string of the molecule is CCc1sc(C(=O)NCC2(O)CCC(CC)CC2)cc1C. The van der Waals surface area contributed by atoms with E-state index in [1.165, 1.54) is 16.9 Å². The summed E-state index contributed by atoms with van der Waals surface area (Å²) in [6.07, 6.45) is 5.90. The van der Waals surface area contributed by atoms with Crippen LogP contribution in [0.3, 0.4) is 0 Å². The number of aryl methyl sites for hydroxylation is 2. The lowest BCUT2D eigenvalue weighted by atomic mass is 9.78. The van der Waals surface area contributed by atoms with Crippen LogP contribution in [0.25, 0.3) is 0 Å². The third-order valence-electron chi connectivity index (χ3n) is 4.76. The zero-order valence-electron chi connectivity index (χ0n) is 13.4. The number of hydrogen-bond acceptors (Lipinski definition) is 3. The number of carbonyl (C=O) groups excluding carboxylic acids is 1. The molecule has 0 atom stereocenters. The first-order valence-corrected chi connectivity index (χ1v) is 8.89. The van der Waals surface area contributed by atoms with Crippen LogP contribution in [-0.4, -0.2) is 23.2 Å². The molecule has 1 heterocycles. The van der Waals surface area contributed by atoms with E-state index in [4.69, 9.17) is 0 Å². The van der Waals surface area contributed by atoms with Gasteiger partial charge >= 0.3 is 0 Å². The summed E-state index contributed by atoms with van der Waals surface area (Å²) in [5.41, 5.74) is 0.483. The van der Waals surface area contributed by atoms with E-state index >= 15 is 0 Å². The number of hydrogen-bond donors (Lipinski definition) is 2. The van der Waals surface area contributed by atoms with E-state index in [0.29, 0.717) is 6.54 Å². The Balaban J connectivity index is 1.88. The average molecular weight is 309 g/mol. The van der Waals surface area contributed by atoms with Gasteiger partial charge in [-0.2, -0.15) is 0 Å². The maximum Gasteiger partial charge on any atom is 0.261 e. The van der Waals surface area contributed by atoms with Crippen molar-refractivity contribution in [3.8, 4) is 0 Å². The molecule has 21 heavy (non-hydrogen) atoms. The summed E-state index contributed by atoms with van der Waals surface area (Å²) in [5.74, 6) is 0.696. The summed E-state index contributed by atoms with van der Waals surface area (Å²) < 4.78 is 0. The topological polar surface area (TPSA) is 49.3 Å². The summed E-state index contributed by atoms with van der Waals surface area (Å²) in [4.78, 5) is 14.2. The van der Waals surface area contributed by atoms with E-state index in [1.807, 2.05) is 13.0 Å². The highest BCUT2D eigenvalue weighted by Gasteiger charge is 2.33. The van der Waals surface area contributed by atoms with Gasteiger partial charge in [-0.1, -0.05) is 20.3 Å². The van der Waals surface area contributed by atoms with Gasteiger partial charge in [0, 0.05) is 11.4 Å². The Bertz CT molecular complexity index is 487. The number of nitrogens with one attached hydrogen (secondary N) is 1. The minimum absolute atomic E-state index is 0.0474. The summed E-state index contributed by atoms with van der Waals surface area (Å²) in [6.45, 7) is 6.74. The molecule has 1 amide bonds. The van der Waals surface area contributed by atoms with Gasteiger partial charge in [0.25, 0.3) is 5.91 Å². The Morgan fingerprint density at radius 2 is 2.10 bits per heavy atom. The molecule has 4 heteroatoms. The fourth-order valence-electron chi connectivity index (χ4n) is 3.11. The van der Waals surface area contributed by atoms with Gasteiger partial charge in [-0.25, -0.2) is 0 Å². The van der Waals surface area contributed by atoms with E-state index in [1.54, 1.807) is 11.3 Å². The molecule has 2 rings (SSSR count). The molecule has 1 aliphatic carbocycles. The van der Waals surface area contributed by atoms with Crippen molar-refractivity contribution in [2.24, 2.45) is 5.92 Å². The van der Waals surface area contributed by atoms with Crippen LogP contribution in [0.4, 0.5) is 0 Å². The second-order valence-electron chi connectivity index (χ2n) is 6.33. The summed E-state index contributed by atoms with van der Waals surface area (Å²) in [5, 5.41) is 13.5. The molecule has 118 valence electrons. The van der Waals surface area contributed by atoms with Crippen molar-refractivity contribution in [2.75, 3.05) is 6.54 Å². The molecule has 1 aromatic heterocycles. The van der Waals surface area contributed by atoms with Crippen LogP contribution in [0.2, 0.25) is 0 Å². The van der Waals surface area contributed by atoms with Crippen LogP contribution in [0, 0.1) is 12.8 Å². The standard InChI is InChI=1S/C17H27NO2S/c1-4-13-6-8-17(20,9-7-13)11-18-16(19)15-10-12(3)14(5-2)21-15/h10,13,20H,4-9,11H2,1-3H3,(H,18,19). The van der Waals surface area contributed by atoms with Crippen molar-refractivity contribution in [3.05, 3.63) is 21.4 Å². The minimum atomic E-state index is -0.707. The van der Waals surface area contributed by atoms with Gasteiger partial charge in [0.05, 0.1) is 10.5 Å². The largest absolute Gasteiger partial charge is 0.388 e. The number of aliphatic hydroxyl groups is 1. The molecule has 0 bridgehead atoms. The molecule has 0 spiro atoms. The zero-order chi connectivity index (χ0) is 15.5. The van der Waals surface area contributed by atoms with Crippen LogP contribution in [-0.2, 0) is 6.42 Å². The van der Waals surface area contributed by atoms with Crippen molar-refractivity contribution < 1.29 is 9.90 Å². The Hall–Kier alpha value is -0.870. The second kappa shape index (κ2) is 6.93. The first-order chi connectivity index (χ1) is 9.97. The van der Waals surface area contributed by atoms with Crippen LogP contribution < -0.4 is 5.32 Å². The maximum atomic E-state index is 12.2. The van der Waals surface area contributed by atoms with Gasteiger partial charge in [-0.05, 0) is 56.6 Å². The summed E-state index contributed by atoms with van der Waals surface area (Å²) in [7, 11) is 0. The van der Waals surface area contributed by atoms with Gasteiger partial charge in [0.15, 0.2) is 0 Å². The molecule has 0 unspecified atom stereocenters. The van der Waals surface area contributed by atoms with Gasteiger partial charge in [-0.15, -0.1) is 11.3 Å². The fourth-order valence-corrected chi connectivity index (χ4v) is 4.14. The van der Waals surface area contributed by atoms with Crippen LogP contribution in [0.5, 0.6) is 0 Å². The first-order valence-electron chi connectivity index (χ1n) is 8.07. The lowest BCUT2D eigenvalue weighted by Crippen LogP contribution is -2.45. The first kappa shape index (κ1) is 16.5. The molecular formula is C17H27NO2S. The highest BCUT2D eigenvalue weighted by Crippen LogP contribution is 2.33. The van der Waals surface area contributed by atoms with Crippen molar-refractivity contribution in [1.29, 1.82) is 0 Å². The van der Waals surface area contributed by atoms with E-state index in [9.17, 15) is 9.90 Å². The maximum absolute atomic E-state index is 12.2. The Labute approximate surface area is 131 Å². The van der Waals surface area contributed by atoms with Gasteiger partial charge in [-0.3, -0.25) is 4.79 Å². The molecule has 3 nitrogen and oxygen atoms in total. The van der Waals surface area contributed by atoms with Crippen molar-refractivity contribution >= 4 is 17.2 Å². The van der Waals surface area contributed by atoms with Crippen LogP contribution >= 0.6 is 11.3 Å². The molecular weight excluding hydrogens is 282 g/mol. The van der Waals surface area contributed by atoms with Gasteiger partial charge in [0.2, 0.25) is 0 Å². The smallest absolute Gasteiger partial charge is 0.261 e. The predicted molar refractivity (Wildman–Crippen MR) is 88.0 cm³/mol. The highest BCUT2D eigenvalue weighted by molar-refractivity contribution is 7.14. The Kier molecular flexibility index (Phi) is 5.44. The molecule has 1 saturated carbocycles. The normalized spacial score (nSPS) is 25.8. The average Bonchev–Trinajstić information content (AvgIpc) is 2.87. The third-order valence-corrected chi connectivity index (χ3v) is 6.14. The zero-order valence-corrected chi connectivity index (χ0v) is 14.2. The molecule has 0 aliphatic heterocycles. The van der Waals surface area contributed by atoms with Crippen LogP contribution in [0.1, 0.15) is 66.1 Å². The van der Waals surface area contributed by atoms with E-state index in [2.05, 4.69) is 19.2 Å². The molecule has 0 radical (unpaired) electrons. The number of amides is 1.